The lowest BCUT2D eigenvalue weighted by molar-refractivity contribution is -0.00717. The van der Waals surface area contributed by atoms with E-state index in [0.29, 0.717) is 31.3 Å². The summed E-state index contributed by atoms with van der Waals surface area (Å²) in [5.74, 6) is 0.105. The Morgan fingerprint density at radius 3 is 2.92 bits per heavy atom. The first-order valence-electron chi connectivity index (χ1n) is 8.14. The normalized spacial score (nSPS) is 18.5. The van der Waals surface area contributed by atoms with Gasteiger partial charge in [0.1, 0.15) is 0 Å². The number of alkyl carbamates (subject to hydrolysis) is 1. The van der Waals surface area contributed by atoms with Gasteiger partial charge in [-0.1, -0.05) is 23.7 Å². The molecule has 1 fully saturated rings. The standard InChI is InChI=1S/C17H22Cl2N2O4/c1-24-17(23)20-7-9-25-15(12-4-2-6-14(18)10-12)13-5-3-8-21(11-13)16(19)22/h2,4,6,10,13,15H,3,5,7-9,11H2,1H3,(H,20,23)/t13-,15+/m1/s1. The van der Waals surface area contributed by atoms with Crippen molar-refractivity contribution in [2.45, 2.75) is 18.9 Å². The third-order valence-electron chi connectivity index (χ3n) is 4.17. The molecule has 0 saturated carbocycles. The second-order valence-electron chi connectivity index (χ2n) is 5.87. The van der Waals surface area contributed by atoms with E-state index in [-0.39, 0.29) is 12.0 Å². The maximum absolute atomic E-state index is 11.5. The van der Waals surface area contributed by atoms with Crippen molar-refractivity contribution in [2.75, 3.05) is 33.4 Å². The number of ether oxygens (including phenoxy) is 2. The highest BCUT2D eigenvalue weighted by Crippen LogP contribution is 2.34. The van der Waals surface area contributed by atoms with Crippen molar-refractivity contribution < 1.29 is 19.1 Å². The quantitative estimate of drug-likeness (QED) is 0.456. The van der Waals surface area contributed by atoms with Crippen LogP contribution in [0.15, 0.2) is 24.3 Å². The lowest BCUT2D eigenvalue weighted by Crippen LogP contribution is -2.40. The van der Waals surface area contributed by atoms with Crippen molar-refractivity contribution in [1.29, 1.82) is 0 Å². The zero-order chi connectivity index (χ0) is 18.2. The summed E-state index contributed by atoms with van der Waals surface area (Å²) in [7, 11) is 1.31. The zero-order valence-electron chi connectivity index (χ0n) is 14.0. The maximum atomic E-state index is 11.5. The van der Waals surface area contributed by atoms with Crippen molar-refractivity contribution in [3.05, 3.63) is 34.9 Å². The van der Waals surface area contributed by atoms with Crippen LogP contribution in [0, 0.1) is 5.92 Å². The fraction of sp³-hybridized carbons (Fsp3) is 0.529. The smallest absolute Gasteiger partial charge is 0.406 e. The lowest BCUT2D eigenvalue weighted by atomic mass is 9.88. The van der Waals surface area contributed by atoms with Crippen molar-refractivity contribution >= 4 is 34.7 Å². The van der Waals surface area contributed by atoms with E-state index in [1.165, 1.54) is 7.11 Å². The molecule has 0 aliphatic carbocycles. The molecule has 1 aromatic rings. The van der Waals surface area contributed by atoms with E-state index < -0.39 is 11.5 Å². The first kappa shape index (κ1) is 19.8. The van der Waals surface area contributed by atoms with Crippen LogP contribution in [0.25, 0.3) is 0 Å². The number of likely N-dealkylation sites (tertiary alicyclic amines) is 1. The highest BCUT2D eigenvalue weighted by molar-refractivity contribution is 6.62. The minimum absolute atomic E-state index is 0.105. The Morgan fingerprint density at radius 2 is 2.24 bits per heavy atom. The van der Waals surface area contributed by atoms with Gasteiger partial charge < -0.3 is 19.7 Å². The van der Waals surface area contributed by atoms with Gasteiger partial charge in [-0.15, -0.1) is 0 Å². The van der Waals surface area contributed by atoms with Crippen LogP contribution in [0.5, 0.6) is 0 Å². The molecule has 2 atom stereocenters. The predicted octanol–water partition coefficient (Wildman–Crippen LogP) is 3.82. The molecule has 138 valence electrons. The van der Waals surface area contributed by atoms with Gasteiger partial charge in [0, 0.05) is 30.6 Å². The number of nitrogens with one attached hydrogen (secondary N) is 1. The lowest BCUT2D eigenvalue weighted by Gasteiger charge is -2.36. The SMILES string of the molecule is COC(=O)NCCO[C@@H](c1cccc(Cl)c1)[C@@H]1CCCN(C(=O)Cl)C1. The number of hydrogen-bond donors (Lipinski definition) is 1. The number of benzene rings is 1. The molecule has 0 spiro atoms. The van der Waals surface area contributed by atoms with Gasteiger partial charge in [0.15, 0.2) is 0 Å². The molecule has 8 heteroatoms. The zero-order valence-corrected chi connectivity index (χ0v) is 15.6. The molecule has 1 aliphatic heterocycles. The molecule has 0 unspecified atom stereocenters. The number of methoxy groups -OCH3 is 1. The van der Waals surface area contributed by atoms with Gasteiger partial charge in [0.25, 0.3) is 0 Å². The van der Waals surface area contributed by atoms with Gasteiger partial charge in [-0.05, 0) is 42.1 Å². The molecule has 2 rings (SSSR count). The van der Waals surface area contributed by atoms with Crippen LogP contribution >= 0.6 is 23.2 Å². The molecule has 6 nitrogen and oxygen atoms in total. The molecule has 1 heterocycles. The summed E-state index contributed by atoms with van der Waals surface area (Å²) in [6.45, 7) is 1.83. The van der Waals surface area contributed by atoms with Crippen LogP contribution in [-0.2, 0) is 9.47 Å². The highest BCUT2D eigenvalue weighted by atomic mass is 35.5. The molecule has 1 aromatic carbocycles. The van der Waals surface area contributed by atoms with Gasteiger partial charge in [-0.2, -0.15) is 0 Å². The van der Waals surface area contributed by atoms with E-state index in [0.717, 1.165) is 18.4 Å². The van der Waals surface area contributed by atoms with Crippen molar-refractivity contribution in [1.82, 2.24) is 10.2 Å². The van der Waals surface area contributed by atoms with Crippen LogP contribution in [0.3, 0.4) is 0 Å². The molecule has 25 heavy (non-hydrogen) atoms. The number of piperidine rings is 1. The monoisotopic (exact) mass is 388 g/mol. The Balaban J connectivity index is 2.06. The molecule has 0 radical (unpaired) electrons. The van der Waals surface area contributed by atoms with E-state index in [9.17, 15) is 9.59 Å². The van der Waals surface area contributed by atoms with Crippen molar-refractivity contribution in [3.8, 4) is 0 Å². The Kier molecular flexibility index (Phi) is 7.81. The molecule has 1 aliphatic rings. The summed E-state index contributed by atoms with van der Waals surface area (Å²) in [5, 5.41) is 2.76. The fourth-order valence-electron chi connectivity index (χ4n) is 3.02. The summed E-state index contributed by atoms with van der Waals surface area (Å²) in [6, 6.07) is 7.48. The number of hydrogen-bond acceptors (Lipinski definition) is 4. The minimum atomic E-state index is -0.500. The molecule has 0 bridgehead atoms. The van der Waals surface area contributed by atoms with Gasteiger partial charge >= 0.3 is 11.5 Å². The minimum Gasteiger partial charge on any atom is -0.453 e. The molecule has 1 saturated heterocycles. The number of rotatable bonds is 6. The average molecular weight is 389 g/mol. The molecule has 1 N–H and O–H groups in total. The van der Waals surface area contributed by atoms with Crippen LogP contribution in [0.4, 0.5) is 9.59 Å². The van der Waals surface area contributed by atoms with Gasteiger partial charge in [-0.25, -0.2) is 4.79 Å². The van der Waals surface area contributed by atoms with Crippen LogP contribution in [0.1, 0.15) is 24.5 Å². The molecular formula is C17H22Cl2N2O4. The Morgan fingerprint density at radius 1 is 1.44 bits per heavy atom. The first-order chi connectivity index (χ1) is 12.0. The van der Waals surface area contributed by atoms with Crippen molar-refractivity contribution in [3.63, 3.8) is 0 Å². The number of halogens is 2. The second kappa shape index (κ2) is 9.85. The van der Waals surface area contributed by atoms with Gasteiger partial charge in [0.2, 0.25) is 0 Å². The number of nitrogens with zero attached hydrogens (tertiary/aromatic N) is 1. The van der Waals surface area contributed by atoms with Gasteiger partial charge in [0.05, 0.1) is 19.8 Å². The fourth-order valence-corrected chi connectivity index (χ4v) is 3.37. The summed E-state index contributed by atoms with van der Waals surface area (Å²) < 4.78 is 10.6. The van der Waals surface area contributed by atoms with Gasteiger partial charge in [-0.3, -0.25) is 4.79 Å². The van der Waals surface area contributed by atoms with E-state index in [1.54, 1.807) is 11.0 Å². The first-order valence-corrected chi connectivity index (χ1v) is 8.90. The van der Waals surface area contributed by atoms with E-state index in [2.05, 4.69) is 10.1 Å². The number of carbonyl (C=O) groups is 2. The Bertz CT molecular complexity index is 600. The molecule has 2 amide bonds. The second-order valence-corrected chi connectivity index (χ2v) is 6.63. The summed E-state index contributed by atoms with van der Waals surface area (Å²) in [6.07, 6.45) is 1.04. The summed E-state index contributed by atoms with van der Waals surface area (Å²) >= 11 is 11.8. The van der Waals surface area contributed by atoms with E-state index >= 15 is 0 Å². The molecular weight excluding hydrogens is 367 g/mol. The summed E-state index contributed by atoms with van der Waals surface area (Å²) in [4.78, 5) is 24.2. The van der Waals surface area contributed by atoms with Crippen LogP contribution < -0.4 is 5.32 Å². The third-order valence-corrected chi connectivity index (χ3v) is 4.64. The molecule has 0 aromatic heterocycles. The predicted molar refractivity (Wildman–Crippen MR) is 96.1 cm³/mol. The number of amides is 2. The average Bonchev–Trinajstić information content (AvgIpc) is 2.61. The largest absolute Gasteiger partial charge is 0.453 e. The summed E-state index contributed by atoms with van der Waals surface area (Å²) in [5.41, 5.74) is 0.944. The maximum Gasteiger partial charge on any atom is 0.406 e. The van der Waals surface area contributed by atoms with Crippen LogP contribution in [-0.4, -0.2) is 49.7 Å². The van der Waals surface area contributed by atoms with E-state index in [4.69, 9.17) is 27.9 Å². The third kappa shape index (κ3) is 6.06. The topological polar surface area (TPSA) is 67.9 Å². The van der Waals surface area contributed by atoms with Crippen LogP contribution in [0.2, 0.25) is 5.02 Å². The number of carbonyl (C=O) groups excluding carboxylic acids is 2. The Hall–Kier alpha value is -1.50. The van der Waals surface area contributed by atoms with E-state index in [1.807, 2.05) is 18.2 Å². The van der Waals surface area contributed by atoms with Crippen molar-refractivity contribution in [2.24, 2.45) is 5.92 Å². The Labute approximate surface area is 157 Å². The highest BCUT2D eigenvalue weighted by Gasteiger charge is 2.30.